The van der Waals surface area contributed by atoms with E-state index in [4.69, 9.17) is 18.0 Å². The van der Waals surface area contributed by atoms with Gasteiger partial charge in [0.2, 0.25) is 5.91 Å². The van der Waals surface area contributed by atoms with Gasteiger partial charge in [0.05, 0.1) is 16.9 Å². The standard InChI is InChI=1S/C15H22N2OS2/c1-2-11-5-7-15(8-6-11,14(16)19)17-13(18)10-12-4-3-9-20-12/h3-4,9,11H,2,5-8,10H2,1H3,(H2,16,19)(H,17,18). The summed E-state index contributed by atoms with van der Waals surface area (Å²) in [6.45, 7) is 2.22. The summed E-state index contributed by atoms with van der Waals surface area (Å²) in [4.78, 5) is 13.7. The zero-order valence-corrected chi connectivity index (χ0v) is 13.5. The van der Waals surface area contributed by atoms with Crippen molar-refractivity contribution in [2.75, 3.05) is 0 Å². The van der Waals surface area contributed by atoms with Gasteiger partial charge in [0.25, 0.3) is 0 Å². The number of carbonyl (C=O) groups is 1. The number of nitrogens with one attached hydrogen (secondary N) is 1. The number of rotatable bonds is 5. The molecule has 0 spiro atoms. The quantitative estimate of drug-likeness (QED) is 0.822. The minimum atomic E-state index is -0.463. The second-order valence-electron chi connectivity index (χ2n) is 5.60. The van der Waals surface area contributed by atoms with Crippen molar-refractivity contribution in [3.8, 4) is 0 Å². The maximum absolute atomic E-state index is 12.2. The van der Waals surface area contributed by atoms with Crippen LogP contribution in [0.1, 0.15) is 43.9 Å². The third-order valence-corrected chi connectivity index (χ3v) is 5.57. The first kappa shape index (κ1) is 15.4. The second-order valence-corrected chi connectivity index (χ2v) is 7.07. The maximum Gasteiger partial charge on any atom is 0.226 e. The molecule has 3 nitrogen and oxygen atoms in total. The molecule has 0 radical (unpaired) electrons. The first-order valence-corrected chi connectivity index (χ1v) is 8.48. The van der Waals surface area contributed by atoms with Gasteiger partial charge in [-0.3, -0.25) is 4.79 Å². The van der Waals surface area contributed by atoms with Crippen LogP contribution in [-0.2, 0) is 11.2 Å². The first-order chi connectivity index (χ1) is 9.55. The SMILES string of the molecule is CCC1CCC(NC(=O)Cc2cccs2)(C(N)=S)CC1. The Bertz CT molecular complexity index is 462. The van der Waals surface area contributed by atoms with Crippen molar-refractivity contribution in [1.82, 2.24) is 5.32 Å². The summed E-state index contributed by atoms with van der Waals surface area (Å²) in [6, 6.07) is 3.94. The van der Waals surface area contributed by atoms with Gasteiger partial charge in [-0.25, -0.2) is 0 Å². The van der Waals surface area contributed by atoms with Crippen molar-refractivity contribution in [2.45, 2.75) is 51.0 Å². The molecule has 20 heavy (non-hydrogen) atoms. The lowest BCUT2D eigenvalue weighted by Gasteiger charge is -2.40. The van der Waals surface area contributed by atoms with E-state index in [1.807, 2.05) is 17.5 Å². The van der Waals surface area contributed by atoms with Gasteiger partial charge in [-0.15, -0.1) is 11.3 Å². The van der Waals surface area contributed by atoms with E-state index in [1.165, 1.54) is 6.42 Å². The van der Waals surface area contributed by atoms with Crippen LogP contribution in [0.3, 0.4) is 0 Å². The smallest absolute Gasteiger partial charge is 0.226 e. The summed E-state index contributed by atoms with van der Waals surface area (Å²) in [5.74, 6) is 0.766. The molecule has 1 saturated carbocycles. The van der Waals surface area contributed by atoms with E-state index in [9.17, 15) is 4.79 Å². The third-order valence-electron chi connectivity index (χ3n) is 4.30. The fourth-order valence-corrected chi connectivity index (χ4v) is 3.85. The minimum Gasteiger partial charge on any atom is -0.391 e. The number of amides is 1. The van der Waals surface area contributed by atoms with E-state index >= 15 is 0 Å². The fourth-order valence-electron chi connectivity index (χ4n) is 2.89. The summed E-state index contributed by atoms with van der Waals surface area (Å²) in [6.07, 6.45) is 5.53. The van der Waals surface area contributed by atoms with Crippen LogP contribution in [0.15, 0.2) is 17.5 Å². The van der Waals surface area contributed by atoms with Crippen LogP contribution in [0, 0.1) is 5.92 Å². The Labute approximate surface area is 129 Å². The zero-order chi connectivity index (χ0) is 14.6. The Hall–Kier alpha value is -0.940. The number of nitrogens with two attached hydrogens (primary N) is 1. The Morgan fingerprint density at radius 1 is 1.55 bits per heavy atom. The Morgan fingerprint density at radius 3 is 2.75 bits per heavy atom. The zero-order valence-electron chi connectivity index (χ0n) is 11.9. The third kappa shape index (κ3) is 3.58. The summed E-state index contributed by atoms with van der Waals surface area (Å²) in [5.41, 5.74) is 5.47. The van der Waals surface area contributed by atoms with Crippen molar-refractivity contribution >= 4 is 34.5 Å². The lowest BCUT2D eigenvalue weighted by molar-refractivity contribution is -0.122. The molecule has 0 aromatic carbocycles. The van der Waals surface area contributed by atoms with E-state index in [1.54, 1.807) is 11.3 Å². The van der Waals surface area contributed by atoms with Gasteiger partial charge in [0, 0.05) is 4.88 Å². The number of carbonyl (C=O) groups excluding carboxylic acids is 1. The topological polar surface area (TPSA) is 55.1 Å². The molecule has 1 amide bonds. The van der Waals surface area contributed by atoms with E-state index in [0.717, 1.165) is 36.5 Å². The van der Waals surface area contributed by atoms with Gasteiger partial charge in [-0.05, 0) is 43.0 Å². The molecule has 110 valence electrons. The molecular formula is C15H22N2OS2. The lowest BCUT2D eigenvalue weighted by Crippen LogP contribution is -2.58. The molecule has 1 aromatic heterocycles. The molecule has 2 rings (SSSR count). The van der Waals surface area contributed by atoms with Crippen molar-refractivity contribution < 1.29 is 4.79 Å². The normalized spacial score (nSPS) is 26.1. The molecule has 1 heterocycles. The van der Waals surface area contributed by atoms with E-state index in [2.05, 4.69) is 12.2 Å². The molecule has 0 saturated heterocycles. The van der Waals surface area contributed by atoms with Crippen LogP contribution in [0.4, 0.5) is 0 Å². The van der Waals surface area contributed by atoms with Crippen LogP contribution in [0.2, 0.25) is 0 Å². The monoisotopic (exact) mass is 310 g/mol. The molecule has 1 aliphatic carbocycles. The molecular weight excluding hydrogens is 288 g/mol. The summed E-state index contributed by atoms with van der Waals surface area (Å²) in [5, 5.41) is 5.10. The predicted octanol–water partition coefficient (Wildman–Crippen LogP) is 3.03. The van der Waals surface area contributed by atoms with Gasteiger partial charge >= 0.3 is 0 Å². The average Bonchev–Trinajstić information content (AvgIpc) is 2.92. The maximum atomic E-state index is 12.2. The van der Waals surface area contributed by atoms with Crippen molar-refractivity contribution in [3.05, 3.63) is 22.4 Å². The molecule has 0 unspecified atom stereocenters. The number of thiophene rings is 1. The minimum absolute atomic E-state index is 0.0233. The Morgan fingerprint density at radius 2 is 2.25 bits per heavy atom. The highest BCUT2D eigenvalue weighted by Gasteiger charge is 2.38. The van der Waals surface area contributed by atoms with Gasteiger partial charge < -0.3 is 11.1 Å². The van der Waals surface area contributed by atoms with Crippen LogP contribution >= 0.6 is 23.6 Å². The van der Waals surface area contributed by atoms with Crippen LogP contribution in [0.5, 0.6) is 0 Å². The van der Waals surface area contributed by atoms with Crippen molar-refractivity contribution in [3.63, 3.8) is 0 Å². The highest BCUT2D eigenvalue weighted by Crippen LogP contribution is 2.34. The van der Waals surface area contributed by atoms with Gasteiger partial charge in [0.1, 0.15) is 0 Å². The van der Waals surface area contributed by atoms with Crippen LogP contribution in [0.25, 0.3) is 0 Å². The van der Waals surface area contributed by atoms with E-state index in [-0.39, 0.29) is 5.91 Å². The van der Waals surface area contributed by atoms with Gasteiger partial charge in [-0.1, -0.05) is 31.6 Å². The molecule has 1 aromatic rings. The molecule has 0 atom stereocenters. The highest BCUT2D eigenvalue weighted by atomic mass is 32.1. The van der Waals surface area contributed by atoms with E-state index in [0.29, 0.717) is 11.4 Å². The molecule has 1 aliphatic rings. The highest BCUT2D eigenvalue weighted by molar-refractivity contribution is 7.80. The summed E-state index contributed by atoms with van der Waals surface area (Å²) in [7, 11) is 0. The van der Waals surface area contributed by atoms with E-state index < -0.39 is 5.54 Å². The first-order valence-electron chi connectivity index (χ1n) is 7.19. The van der Waals surface area contributed by atoms with Crippen LogP contribution in [-0.4, -0.2) is 16.4 Å². The molecule has 5 heteroatoms. The lowest BCUT2D eigenvalue weighted by atomic mass is 9.75. The molecule has 0 aliphatic heterocycles. The number of hydrogen-bond donors (Lipinski definition) is 2. The largest absolute Gasteiger partial charge is 0.391 e. The predicted molar refractivity (Wildman–Crippen MR) is 87.9 cm³/mol. The fraction of sp³-hybridized carbons (Fsp3) is 0.600. The van der Waals surface area contributed by atoms with Gasteiger partial charge in [-0.2, -0.15) is 0 Å². The number of hydrogen-bond acceptors (Lipinski definition) is 3. The van der Waals surface area contributed by atoms with Crippen molar-refractivity contribution in [1.29, 1.82) is 0 Å². The Balaban J connectivity index is 1.99. The average molecular weight is 310 g/mol. The molecule has 0 bridgehead atoms. The van der Waals surface area contributed by atoms with Crippen LogP contribution < -0.4 is 11.1 Å². The molecule has 1 fully saturated rings. The molecule has 3 N–H and O–H groups in total. The van der Waals surface area contributed by atoms with Gasteiger partial charge in [0.15, 0.2) is 0 Å². The second kappa shape index (κ2) is 6.68. The number of thiocarbonyl (C=S) groups is 1. The van der Waals surface area contributed by atoms with Crippen molar-refractivity contribution in [2.24, 2.45) is 11.7 Å². The Kier molecular flexibility index (Phi) is 5.16. The summed E-state index contributed by atoms with van der Waals surface area (Å²) >= 11 is 6.83. The summed E-state index contributed by atoms with van der Waals surface area (Å²) < 4.78 is 0.